The van der Waals surface area contributed by atoms with Crippen molar-refractivity contribution in [1.29, 1.82) is 0 Å². The van der Waals surface area contributed by atoms with Crippen molar-refractivity contribution in [2.24, 2.45) is 0 Å². The fourth-order valence-corrected chi connectivity index (χ4v) is 3.58. The van der Waals surface area contributed by atoms with Gasteiger partial charge in [-0.3, -0.25) is 10.1 Å². The summed E-state index contributed by atoms with van der Waals surface area (Å²) in [5, 5.41) is 4.55. The minimum absolute atomic E-state index is 0.0460. The standard InChI is InChI=1S/C12H11BrN2O4S/c13-10-6-9(7-20(10,18)19)14-12(17)15-11(16)8-4-2-1-3-5-8/h1-6,9H,7H2,(H2,14,15,16,17)/t9-/m0/s1. The molecule has 1 heterocycles. The molecule has 0 bridgehead atoms. The summed E-state index contributed by atoms with van der Waals surface area (Å²) in [6, 6.07) is 6.85. The van der Waals surface area contributed by atoms with Gasteiger partial charge in [0, 0.05) is 5.56 Å². The summed E-state index contributed by atoms with van der Waals surface area (Å²) in [6.07, 6.45) is 1.38. The molecule has 1 atom stereocenters. The van der Waals surface area contributed by atoms with E-state index in [-0.39, 0.29) is 9.57 Å². The fraction of sp³-hybridized carbons (Fsp3) is 0.167. The van der Waals surface area contributed by atoms with Crippen molar-refractivity contribution in [3.8, 4) is 0 Å². The van der Waals surface area contributed by atoms with Crippen molar-refractivity contribution in [3.63, 3.8) is 0 Å². The smallest absolute Gasteiger partial charge is 0.322 e. The number of carbonyl (C=O) groups excluding carboxylic acids is 2. The van der Waals surface area contributed by atoms with E-state index in [1.807, 2.05) is 0 Å². The van der Waals surface area contributed by atoms with Crippen LogP contribution in [0.2, 0.25) is 0 Å². The highest BCUT2D eigenvalue weighted by Crippen LogP contribution is 2.23. The number of urea groups is 1. The Morgan fingerprint density at radius 2 is 1.85 bits per heavy atom. The summed E-state index contributed by atoms with van der Waals surface area (Å²) in [5.74, 6) is -0.771. The molecule has 0 aromatic heterocycles. The van der Waals surface area contributed by atoms with E-state index in [0.29, 0.717) is 5.56 Å². The molecule has 1 aromatic carbocycles. The molecule has 0 spiro atoms. The first kappa shape index (κ1) is 14.7. The third-order valence-electron chi connectivity index (χ3n) is 2.61. The second-order valence-electron chi connectivity index (χ2n) is 4.15. The fourth-order valence-electron chi connectivity index (χ4n) is 1.68. The first-order valence-electron chi connectivity index (χ1n) is 5.65. The van der Waals surface area contributed by atoms with E-state index >= 15 is 0 Å². The number of sulfone groups is 1. The van der Waals surface area contributed by atoms with Gasteiger partial charge in [-0.05, 0) is 34.1 Å². The molecule has 2 rings (SSSR count). The number of amides is 3. The minimum Gasteiger partial charge on any atom is -0.330 e. The Morgan fingerprint density at radius 3 is 2.40 bits per heavy atom. The average molecular weight is 359 g/mol. The lowest BCUT2D eigenvalue weighted by Gasteiger charge is -2.10. The summed E-state index contributed by atoms with van der Waals surface area (Å²) in [7, 11) is -3.35. The van der Waals surface area contributed by atoms with Gasteiger partial charge in [-0.15, -0.1) is 0 Å². The predicted octanol–water partition coefficient (Wildman–Crippen LogP) is 1.16. The van der Waals surface area contributed by atoms with Crippen LogP contribution in [0, 0.1) is 0 Å². The van der Waals surface area contributed by atoms with Crippen LogP contribution in [0.1, 0.15) is 10.4 Å². The number of carbonyl (C=O) groups is 2. The maximum Gasteiger partial charge on any atom is 0.322 e. The quantitative estimate of drug-likeness (QED) is 0.829. The molecule has 0 aliphatic carbocycles. The monoisotopic (exact) mass is 358 g/mol. The SMILES string of the molecule is O=C(NC(=O)c1ccccc1)N[C@H]1C=C(Br)S(=O)(=O)C1. The van der Waals surface area contributed by atoms with Crippen LogP contribution < -0.4 is 10.6 Å². The van der Waals surface area contributed by atoms with Crippen molar-refractivity contribution < 1.29 is 18.0 Å². The van der Waals surface area contributed by atoms with Crippen LogP contribution >= 0.6 is 15.9 Å². The zero-order valence-electron chi connectivity index (χ0n) is 10.2. The first-order valence-corrected chi connectivity index (χ1v) is 8.10. The van der Waals surface area contributed by atoms with E-state index in [9.17, 15) is 18.0 Å². The van der Waals surface area contributed by atoms with Crippen LogP contribution in [0.15, 0.2) is 40.2 Å². The number of hydrogen-bond donors (Lipinski definition) is 2. The second-order valence-corrected chi connectivity index (χ2v) is 7.53. The summed E-state index contributed by atoms with van der Waals surface area (Å²) < 4.78 is 22.9. The maximum atomic E-state index is 11.7. The molecule has 6 nitrogen and oxygen atoms in total. The third-order valence-corrected chi connectivity index (χ3v) is 5.88. The highest BCUT2D eigenvalue weighted by atomic mass is 79.9. The van der Waals surface area contributed by atoms with Crippen molar-refractivity contribution >= 4 is 37.7 Å². The summed E-state index contributed by atoms with van der Waals surface area (Å²) in [4.78, 5) is 23.3. The van der Waals surface area contributed by atoms with Crippen molar-refractivity contribution in [2.75, 3.05) is 5.75 Å². The van der Waals surface area contributed by atoms with Gasteiger partial charge in [0.1, 0.15) is 3.81 Å². The second kappa shape index (κ2) is 5.76. The normalized spacial score (nSPS) is 20.1. The van der Waals surface area contributed by atoms with Crippen LogP contribution in [0.5, 0.6) is 0 Å². The van der Waals surface area contributed by atoms with E-state index in [0.717, 1.165) is 0 Å². The Morgan fingerprint density at radius 1 is 1.20 bits per heavy atom. The van der Waals surface area contributed by atoms with Crippen molar-refractivity contribution in [1.82, 2.24) is 10.6 Å². The van der Waals surface area contributed by atoms with Gasteiger partial charge in [0.05, 0.1) is 11.8 Å². The Labute approximate surface area is 124 Å². The van der Waals surface area contributed by atoms with Gasteiger partial charge in [0.15, 0.2) is 9.84 Å². The number of rotatable bonds is 2. The first-order chi connectivity index (χ1) is 9.38. The van der Waals surface area contributed by atoms with Gasteiger partial charge >= 0.3 is 6.03 Å². The van der Waals surface area contributed by atoms with Gasteiger partial charge in [-0.25, -0.2) is 13.2 Å². The van der Waals surface area contributed by atoms with Crippen LogP contribution in [0.4, 0.5) is 4.79 Å². The van der Waals surface area contributed by atoms with Crippen molar-refractivity contribution in [3.05, 3.63) is 45.8 Å². The molecule has 20 heavy (non-hydrogen) atoms. The number of imide groups is 1. The third kappa shape index (κ3) is 3.45. The predicted molar refractivity (Wildman–Crippen MR) is 77.0 cm³/mol. The minimum atomic E-state index is -3.35. The lowest BCUT2D eigenvalue weighted by Crippen LogP contribution is -2.44. The Bertz CT molecular complexity index is 670. The van der Waals surface area contributed by atoms with Crippen LogP contribution in [0.25, 0.3) is 0 Å². The highest BCUT2D eigenvalue weighted by molar-refractivity contribution is 9.13. The van der Waals surface area contributed by atoms with Crippen LogP contribution in [0.3, 0.4) is 0 Å². The van der Waals surface area contributed by atoms with Gasteiger partial charge in [0.25, 0.3) is 5.91 Å². The molecule has 8 heteroatoms. The molecular weight excluding hydrogens is 348 g/mol. The molecule has 1 aliphatic heterocycles. The molecule has 1 aliphatic rings. The van der Waals surface area contributed by atoms with Gasteiger partial charge in [-0.1, -0.05) is 18.2 Å². The molecule has 0 radical (unpaired) electrons. The van der Waals surface area contributed by atoms with Crippen molar-refractivity contribution in [2.45, 2.75) is 6.04 Å². The average Bonchev–Trinajstić information content (AvgIpc) is 2.63. The molecule has 2 N–H and O–H groups in total. The Kier molecular flexibility index (Phi) is 4.24. The Balaban J connectivity index is 1.93. The van der Waals surface area contributed by atoms with Crippen LogP contribution in [-0.2, 0) is 9.84 Å². The van der Waals surface area contributed by atoms with Crippen LogP contribution in [-0.4, -0.2) is 32.2 Å². The number of benzene rings is 1. The zero-order chi connectivity index (χ0) is 14.8. The van der Waals surface area contributed by atoms with Gasteiger partial charge in [0.2, 0.25) is 0 Å². The molecule has 0 saturated carbocycles. The van der Waals surface area contributed by atoms with E-state index in [1.54, 1.807) is 30.3 Å². The maximum absolute atomic E-state index is 11.7. The van der Waals surface area contributed by atoms with E-state index in [1.165, 1.54) is 6.08 Å². The van der Waals surface area contributed by atoms with E-state index in [2.05, 4.69) is 26.6 Å². The Hall–Kier alpha value is -1.67. The lowest BCUT2D eigenvalue weighted by atomic mass is 10.2. The largest absolute Gasteiger partial charge is 0.330 e. The highest BCUT2D eigenvalue weighted by Gasteiger charge is 2.29. The number of nitrogens with one attached hydrogen (secondary N) is 2. The summed E-state index contributed by atoms with van der Waals surface area (Å²) >= 11 is 2.91. The molecule has 3 amide bonds. The molecular formula is C12H11BrN2O4S. The molecule has 106 valence electrons. The van der Waals surface area contributed by atoms with E-state index in [4.69, 9.17) is 0 Å². The molecule has 1 aromatic rings. The summed E-state index contributed by atoms with van der Waals surface area (Å²) in [6.45, 7) is 0. The topological polar surface area (TPSA) is 92.3 Å². The lowest BCUT2D eigenvalue weighted by molar-refractivity contribution is 0.0964. The summed E-state index contributed by atoms with van der Waals surface area (Å²) in [5.41, 5.74) is 0.346. The number of halogens is 1. The van der Waals surface area contributed by atoms with Gasteiger partial charge in [-0.2, -0.15) is 0 Å². The molecule has 0 fully saturated rings. The number of hydrogen-bond acceptors (Lipinski definition) is 4. The molecule has 0 saturated heterocycles. The van der Waals surface area contributed by atoms with Gasteiger partial charge < -0.3 is 5.32 Å². The van der Waals surface area contributed by atoms with E-state index < -0.39 is 27.8 Å². The molecule has 0 unspecified atom stereocenters. The zero-order valence-corrected chi connectivity index (χ0v) is 12.6.